The van der Waals surface area contributed by atoms with Crippen molar-refractivity contribution in [2.45, 2.75) is 13.5 Å². The minimum atomic E-state index is -0.159. The Bertz CT molecular complexity index is 680. The SMILES string of the molecule is COc1ccc(-n2nc(CN)c(=O)cc2C)c(OC)c1. The summed E-state index contributed by atoms with van der Waals surface area (Å²) >= 11 is 0. The predicted octanol–water partition coefficient (Wildman–Crippen LogP) is 1.02. The highest BCUT2D eigenvalue weighted by Crippen LogP contribution is 2.27. The van der Waals surface area contributed by atoms with Gasteiger partial charge >= 0.3 is 0 Å². The average Bonchev–Trinajstić information content (AvgIpc) is 2.47. The molecule has 2 rings (SSSR count). The van der Waals surface area contributed by atoms with E-state index in [4.69, 9.17) is 15.2 Å². The van der Waals surface area contributed by atoms with Crippen LogP contribution in [0.2, 0.25) is 0 Å². The number of hydrogen-bond donors (Lipinski definition) is 1. The molecule has 20 heavy (non-hydrogen) atoms. The van der Waals surface area contributed by atoms with E-state index in [9.17, 15) is 4.79 Å². The number of nitrogens with two attached hydrogens (primary N) is 1. The van der Waals surface area contributed by atoms with Crippen molar-refractivity contribution in [3.63, 3.8) is 0 Å². The molecule has 106 valence electrons. The zero-order chi connectivity index (χ0) is 14.7. The fourth-order valence-corrected chi connectivity index (χ4v) is 1.93. The first-order valence-electron chi connectivity index (χ1n) is 6.13. The van der Waals surface area contributed by atoms with Gasteiger partial charge in [-0.15, -0.1) is 0 Å². The lowest BCUT2D eigenvalue weighted by Crippen LogP contribution is -2.21. The summed E-state index contributed by atoms with van der Waals surface area (Å²) in [4.78, 5) is 11.7. The van der Waals surface area contributed by atoms with Gasteiger partial charge in [-0.05, 0) is 19.1 Å². The molecule has 6 heteroatoms. The molecule has 0 spiro atoms. The van der Waals surface area contributed by atoms with E-state index in [2.05, 4.69) is 5.10 Å². The third kappa shape index (κ3) is 2.50. The van der Waals surface area contributed by atoms with E-state index in [0.29, 0.717) is 22.9 Å². The molecule has 0 aliphatic carbocycles. The van der Waals surface area contributed by atoms with Crippen molar-refractivity contribution in [3.05, 3.63) is 45.9 Å². The van der Waals surface area contributed by atoms with Crippen LogP contribution in [0.15, 0.2) is 29.1 Å². The molecule has 0 amide bonds. The number of ether oxygens (including phenoxy) is 2. The standard InChI is InChI=1S/C14H17N3O3/c1-9-6-13(18)11(8-15)16-17(9)12-5-4-10(19-2)7-14(12)20-3/h4-7H,8,15H2,1-3H3. The van der Waals surface area contributed by atoms with Gasteiger partial charge in [-0.2, -0.15) is 5.10 Å². The minimum Gasteiger partial charge on any atom is -0.497 e. The van der Waals surface area contributed by atoms with E-state index in [0.717, 1.165) is 5.69 Å². The molecular weight excluding hydrogens is 258 g/mol. The number of aromatic nitrogens is 2. The normalized spacial score (nSPS) is 10.4. The first-order valence-corrected chi connectivity index (χ1v) is 6.13. The van der Waals surface area contributed by atoms with Gasteiger partial charge in [0.25, 0.3) is 0 Å². The zero-order valence-corrected chi connectivity index (χ0v) is 11.7. The molecule has 2 N–H and O–H groups in total. The van der Waals surface area contributed by atoms with E-state index in [-0.39, 0.29) is 12.0 Å². The lowest BCUT2D eigenvalue weighted by atomic mass is 10.2. The van der Waals surface area contributed by atoms with Crippen LogP contribution in [0.25, 0.3) is 5.69 Å². The quantitative estimate of drug-likeness (QED) is 0.901. The molecule has 0 aliphatic heterocycles. The van der Waals surface area contributed by atoms with Crippen molar-refractivity contribution in [1.82, 2.24) is 9.78 Å². The van der Waals surface area contributed by atoms with Crippen molar-refractivity contribution < 1.29 is 9.47 Å². The van der Waals surface area contributed by atoms with E-state index in [1.807, 2.05) is 6.07 Å². The molecule has 1 aromatic carbocycles. The highest BCUT2D eigenvalue weighted by atomic mass is 16.5. The molecule has 2 aromatic rings. The second-order valence-corrected chi connectivity index (χ2v) is 4.25. The fraction of sp³-hybridized carbons (Fsp3) is 0.286. The van der Waals surface area contributed by atoms with Gasteiger partial charge in [0.2, 0.25) is 5.43 Å². The van der Waals surface area contributed by atoms with Gasteiger partial charge in [-0.3, -0.25) is 4.79 Å². The van der Waals surface area contributed by atoms with Crippen LogP contribution < -0.4 is 20.6 Å². The maximum atomic E-state index is 11.7. The van der Waals surface area contributed by atoms with Gasteiger partial charge in [0.15, 0.2) is 0 Å². The molecule has 0 saturated heterocycles. The first-order chi connectivity index (χ1) is 9.60. The fourth-order valence-electron chi connectivity index (χ4n) is 1.93. The van der Waals surface area contributed by atoms with Gasteiger partial charge < -0.3 is 15.2 Å². The summed E-state index contributed by atoms with van der Waals surface area (Å²) < 4.78 is 12.2. The summed E-state index contributed by atoms with van der Waals surface area (Å²) in [5, 5.41) is 4.28. The third-order valence-corrected chi connectivity index (χ3v) is 2.99. The van der Waals surface area contributed by atoms with Crippen LogP contribution in [0.3, 0.4) is 0 Å². The highest BCUT2D eigenvalue weighted by Gasteiger charge is 2.11. The maximum Gasteiger partial charge on any atom is 0.204 e. The molecule has 0 atom stereocenters. The molecule has 6 nitrogen and oxygen atoms in total. The zero-order valence-electron chi connectivity index (χ0n) is 11.7. The topological polar surface area (TPSA) is 79.4 Å². The monoisotopic (exact) mass is 275 g/mol. The molecular formula is C14H17N3O3. The summed E-state index contributed by atoms with van der Waals surface area (Å²) in [5.41, 5.74) is 7.12. The Morgan fingerprint density at radius 1 is 1.25 bits per heavy atom. The van der Waals surface area contributed by atoms with Crippen molar-refractivity contribution in [3.8, 4) is 17.2 Å². The predicted molar refractivity (Wildman–Crippen MR) is 75.6 cm³/mol. The van der Waals surface area contributed by atoms with Crippen LogP contribution in [0, 0.1) is 6.92 Å². The number of nitrogens with zero attached hydrogens (tertiary/aromatic N) is 2. The number of methoxy groups -OCH3 is 2. The molecule has 0 aliphatic rings. The smallest absolute Gasteiger partial charge is 0.204 e. The Labute approximate surface area is 116 Å². The number of aryl methyl sites for hydroxylation is 1. The van der Waals surface area contributed by atoms with Crippen molar-refractivity contribution >= 4 is 0 Å². The van der Waals surface area contributed by atoms with Crippen molar-refractivity contribution in [1.29, 1.82) is 0 Å². The Morgan fingerprint density at radius 2 is 2.00 bits per heavy atom. The maximum absolute atomic E-state index is 11.7. The first kappa shape index (κ1) is 14.1. The van der Waals surface area contributed by atoms with Crippen molar-refractivity contribution in [2.75, 3.05) is 14.2 Å². The second kappa shape index (κ2) is 5.75. The minimum absolute atomic E-state index is 0.0948. The molecule has 0 unspecified atom stereocenters. The summed E-state index contributed by atoms with van der Waals surface area (Å²) in [6.07, 6.45) is 0. The van der Waals surface area contributed by atoms with Gasteiger partial charge in [0.1, 0.15) is 22.9 Å². The van der Waals surface area contributed by atoms with Crippen LogP contribution >= 0.6 is 0 Å². The summed E-state index contributed by atoms with van der Waals surface area (Å²) in [6, 6.07) is 6.90. The van der Waals surface area contributed by atoms with E-state index in [1.165, 1.54) is 6.07 Å². The van der Waals surface area contributed by atoms with E-state index >= 15 is 0 Å². The lowest BCUT2D eigenvalue weighted by Gasteiger charge is -2.15. The summed E-state index contributed by atoms with van der Waals surface area (Å²) in [5.74, 6) is 1.29. The third-order valence-electron chi connectivity index (χ3n) is 2.99. The Kier molecular flexibility index (Phi) is 4.05. The van der Waals surface area contributed by atoms with Crippen LogP contribution in [-0.4, -0.2) is 24.0 Å². The molecule has 0 bridgehead atoms. The average molecular weight is 275 g/mol. The number of benzene rings is 1. The summed E-state index contributed by atoms with van der Waals surface area (Å²) in [6.45, 7) is 1.90. The molecule has 1 aromatic heterocycles. The van der Waals surface area contributed by atoms with Crippen LogP contribution in [0.1, 0.15) is 11.4 Å². The Morgan fingerprint density at radius 3 is 2.60 bits per heavy atom. The second-order valence-electron chi connectivity index (χ2n) is 4.25. The molecule has 1 heterocycles. The highest BCUT2D eigenvalue weighted by molar-refractivity contribution is 5.51. The Hall–Kier alpha value is -2.34. The van der Waals surface area contributed by atoms with Gasteiger partial charge in [0, 0.05) is 24.4 Å². The van der Waals surface area contributed by atoms with Gasteiger partial charge in [0.05, 0.1) is 14.2 Å². The molecule has 0 fully saturated rings. The van der Waals surface area contributed by atoms with Crippen molar-refractivity contribution in [2.24, 2.45) is 5.73 Å². The molecule has 0 saturated carbocycles. The van der Waals surface area contributed by atoms with Gasteiger partial charge in [-0.25, -0.2) is 4.68 Å². The number of rotatable bonds is 4. The van der Waals surface area contributed by atoms with Crippen LogP contribution in [0.4, 0.5) is 0 Å². The lowest BCUT2D eigenvalue weighted by molar-refractivity contribution is 0.392. The van der Waals surface area contributed by atoms with Gasteiger partial charge in [-0.1, -0.05) is 0 Å². The number of hydrogen-bond acceptors (Lipinski definition) is 5. The van der Waals surface area contributed by atoms with E-state index in [1.54, 1.807) is 38.0 Å². The Balaban J connectivity index is 2.64. The molecule has 0 radical (unpaired) electrons. The van der Waals surface area contributed by atoms with E-state index < -0.39 is 0 Å². The largest absolute Gasteiger partial charge is 0.497 e. The summed E-state index contributed by atoms with van der Waals surface area (Å²) in [7, 11) is 3.16. The van der Waals surface area contributed by atoms with Crippen LogP contribution in [0.5, 0.6) is 11.5 Å². The van der Waals surface area contributed by atoms with Crippen LogP contribution in [-0.2, 0) is 6.54 Å².